The van der Waals surface area contributed by atoms with Gasteiger partial charge in [-0.25, -0.2) is 0 Å². The molecule has 0 radical (unpaired) electrons. The smallest absolute Gasteiger partial charge is 0.309 e. The van der Waals surface area contributed by atoms with Crippen molar-refractivity contribution in [3.8, 4) is 0 Å². The summed E-state index contributed by atoms with van der Waals surface area (Å²) in [6.07, 6.45) is 2.41. The van der Waals surface area contributed by atoms with E-state index in [1.165, 1.54) is 4.90 Å². The van der Waals surface area contributed by atoms with E-state index in [4.69, 9.17) is 5.73 Å². The van der Waals surface area contributed by atoms with E-state index in [0.29, 0.717) is 5.25 Å². The van der Waals surface area contributed by atoms with Crippen molar-refractivity contribution in [3.05, 3.63) is 30.3 Å². The third kappa shape index (κ3) is 5.23. The quantitative estimate of drug-likeness (QED) is 0.749. The lowest BCUT2D eigenvalue weighted by Gasteiger charge is -2.37. The summed E-state index contributed by atoms with van der Waals surface area (Å²) in [6.45, 7) is 6.71. The average Bonchev–Trinajstić information content (AvgIpc) is 2.55. The molecule has 2 atom stereocenters. The Morgan fingerprint density at radius 3 is 2.52 bits per heavy atom. The number of thioether (sulfide) groups is 1. The Bertz CT molecular complexity index is 501. The summed E-state index contributed by atoms with van der Waals surface area (Å²) in [6, 6.07) is 10.5. The number of piperidine rings is 1. The number of hydrogen-bond acceptors (Lipinski definition) is 4. The van der Waals surface area contributed by atoms with Crippen molar-refractivity contribution in [2.45, 2.75) is 49.3 Å². The number of rotatable bonds is 7. The second kappa shape index (κ2) is 8.18. The Morgan fingerprint density at radius 1 is 1.35 bits per heavy atom. The number of likely N-dealkylation sites (tertiary alicyclic amines) is 1. The largest absolute Gasteiger partial charge is 0.481 e. The Labute approximate surface area is 143 Å². The fraction of sp³-hybridized carbons (Fsp3) is 0.611. The minimum absolute atomic E-state index is 0.146. The highest BCUT2D eigenvalue weighted by molar-refractivity contribution is 8.00. The summed E-state index contributed by atoms with van der Waals surface area (Å²) < 4.78 is 0. The van der Waals surface area contributed by atoms with Crippen LogP contribution >= 0.6 is 11.8 Å². The SMILES string of the molecule is CC(Sc1ccccc1)C(N)CCN1CCC(C)(C(=O)O)CC1. The first kappa shape index (κ1) is 18.3. The molecule has 1 aromatic rings. The number of hydrogen-bond donors (Lipinski definition) is 2. The van der Waals surface area contributed by atoms with Gasteiger partial charge in [0, 0.05) is 16.2 Å². The molecule has 1 saturated heterocycles. The summed E-state index contributed by atoms with van der Waals surface area (Å²) >= 11 is 1.82. The molecule has 4 nitrogen and oxygen atoms in total. The van der Waals surface area contributed by atoms with Gasteiger partial charge in [0.25, 0.3) is 0 Å². The number of benzene rings is 1. The molecule has 0 aliphatic carbocycles. The molecule has 0 spiro atoms. The van der Waals surface area contributed by atoms with Crippen molar-refractivity contribution in [1.29, 1.82) is 0 Å². The lowest BCUT2D eigenvalue weighted by Crippen LogP contribution is -2.44. The highest BCUT2D eigenvalue weighted by atomic mass is 32.2. The van der Waals surface area contributed by atoms with Crippen molar-refractivity contribution in [3.63, 3.8) is 0 Å². The number of carboxylic acids is 1. The van der Waals surface area contributed by atoms with Crippen molar-refractivity contribution >= 4 is 17.7 Å². The van der Waals surface area contributed by atoms with Gasteiger partial charge in [-0.05, 0) is 58.0 Å². The fourth-order valence-corrected chi connectivity index (χ4v) is 3.91. The Hall–Kier alpha value is -1.04. The molecule has 0 saturated carbocycles. The molecule has 5 heteroatoms. The predicted octanol–water partition coefficient (Wildman–Crippen LogP) is 3.07. The molecular formula is C18H28N2O2S. The van der Waals surface area contributed by atoms with Crippen LogP contribution in [0.25, 0.3) is 0 Å². The first-order valence-corrected chi connectivity index (χ1v) is 9.22. The molecule has 0 bridgehead atoms. The van der Waals surface area contributed by atoms with E-state index in [1.54, 1.807) is 0 Å². The molecule has 1 fully saturated rings. The van der Waals surface area contributed by atoms with Gasteiger partial charge in [0.2, 0.25) is 0 Å². The molecule has 2 rings (SSSR count). The fourth-order valence-electron chi connectivity index (χ4n) is 2.85. The van der Waals surface area contributed by atoms with Gasteiger partial charge in [-0.15, -0.1) is 11.8 Å². The van der Waals surface area contributed by atoms with Gasteiger partial charge >= 0.3 is 5.97 Å². The topological polar surface area (TPSA) is 66.6 Å². The van der Waals surface area contributed by atoms with Crippen LogP contribution in [-0.2, 0) is 4.79 Å². The van der Waals surface area contributed by atoms with Crippen LogP contribution in [0.1, 0.15) is 33.1 Å². The molecule has 23 heavy (non-hydrogen) atoms. The molecule has 0 aromatic heterocycles. The Morgan fingerprint density at radius 2 is 1.96 bits per heavy atom. The predicted molar refractivity (Wildman–Crippen MR) is 95.8 cm³/mol. The summed E-state index contributed by atoms with van der Waals surface area (Å²) in [4.78, 5) is 14.9. The van der Waals surface area contributed by atoms with Crippen LogP contribution in [0.15, 0.2) is 35.2 Å². The number of nitrogens with zero attached hydrogens (tertiary/aromatic N) is 1. The first-order valence-electron chi connectivity index (χ1n) is 8.34. The van der Waals surface area contributed by atoms with Crippen LogP contribution in [-0.4, -0.2) is 46.9 Å². The normalized spacial score (nSPS) is 20.8. The summed E-state index contributed by atoms with van der Waals surface area (Å²) in [5.41, 5.74) is 5.80. The average molecular weight is 337 g/mol. The molecular weight excluding hydrogens is 308 g/mol. The third-order valence-corrected chi connectivity index (χ3v) is 6.19. The van der Waals surface area contributed by atoms with Gasteiger partial charge in [0.05, 0.1) is 5.41 Å². The zero-order chi connectivity index (χ0) is 16.9. The maximum Gasteiger partial charge on any atom is 0.309 e. The number of aliphatic carboxylic acids is 1. The van der Waals surface area contributed by atoms with E-state index in [1.807, 2.05) is 36.9 Å². The van der Waals surface area contributed by atoms with E-state index in [2.05, 4.69) is 24.0 Å². The number of carboxylic acid groups (broad SMARTS) is 1. The van der Waals surface area contributed by atoms with E-state index in [-0.39, 0.29) is 6.04 Å². The molecule has 3 N–H and O–H groups in total. The van der Waals surface area contributed by atoms with Gasteiger partial charge in [0.1, 0.15) is 0 Å². The maximum atomic E-state index is 11.3. The first-order chi connectivity index (χ1) is 10.9. The molecule has 1 aliphatic heterocycles. The molecule has 128 valence electrons. The number of carbonyl (C=O) groups is 1. The summed E-state index contributed by atoms with van der Waals surface area (Å²) in [7, 11) is 0. The number of nitrogens with two attached hydrogens (primary N) is 1. The van der Waals surface area contributed by atoms with E-state index >= 15 is 0 Å². The standard InChI is InChI=1S/C18H28N2O2S/c1-14(23-15-6-4-3-5-7-15)16(19)8-11-20-12-9-18(2,10-13-20)17(21)22/h3-7,14,16H,8-13,19H2,1-2H3,(H,21,22). The molecule has 1 aromatic carbocycles. The van der Waals surface area contributed by atoms with Crippen molar-refractivity contribution < 1.29 is 9.90 Å². The monoisotopic (exact) mass is 336 g/mol. The van der Waals surface area contributed by atoms with Gasteiger partial charge in [-0.3, -0.25) is 4.79 Å². The molecule has 1 aliphatic rings. The van der Waals surface area contributed by atoms with Crippen molar-refractivity contribution in [2.24, 2.45) is 11.1 Å². The van der Waals surface area contributed by atoms with Crippen LogP contribution < -0.4 is 5.73 Å². The lowest BCUT2D eigenvalue weighted by molar-refractivity contribution is -0.150. The molecule has 0 amide bonds. The molecule has 2 unspecified atom stereocenters. The highest BCUT2D eigenvalue weighted by Crippen LogP contribution is 2.31. The Balaban J connectivity index is 1.72. The van der Waals surface area contributed by atoms with Crippen LogP contribution in [0.2, 0.25) is 0 Å². The van der Waals surface area contributed by atoms with Gasteiger partial charge in [-0.1, -0.05) is 25.1 Å². The van der Waals surface area contributed by atoms with Crippen molar-refractivity contribution in [1.82, 2.24) is 4.90 Å². The second-order valence-electron chi connectivity index (χ2n) is 6.80. The van der Waals surface area contributed by atoms with Gasteiger partial charge < -0.3 is 15.7 Å². The van der Waals surface area contributed by atoms with E-state index in [9.17, 15) is 9.90 Å². The summed E-state index contributed by atoms with van der Waals surface area (Å²) in [5.74, 6) is -0.665. The van der Waals surface area contributed by atoms with Gasteiger partial charge in [0.15, 0.2) is 0 Å². The maximum absolute atomic E-state index is 11.3. The Kier molecular flexibility index (Phi) is 6.50. The minimum atomic E-state index is -0.665. The second-order valence-corrected chi connectivity index (χ2v) is 8.25. The minimum Gasteiger partial charge on any atom is -0.481 e. The van der Waals surface area contributed by atoms with E-state index in [0.717, 1.165) is 38.9 Å². The summed E-state index contributed by atoms with van der Waals surface area (Å²) in [5, 5.41) is 9.64. The third-order valence-electron chi connectivity index (χ3n) is 4.92. The van der Waals surface area contributed by atoms with Crippen LogP contribution in [0, 0.1) is 5.41 Å². The van der Waals surface area contributed by atoms with Gasteiger partial charge in [-0.2, -0.15) is 0 Å². The van der Waals surface area contributed by atoms with E-state index < -0.39 is 11.4 Å². The van der Waals surface area contributed by atoms with Crippen LogP contribution in [0.4, 0.5) is 0 Å². The van der Waals surface area contributed by atoms with Crippen molar-refractivity contribution in [2.75, 3.05) is 19.6 Å². The zero-order valence-corrected chi connectivity index (χ0v) is 14.9. The van der Waals surface area contributed by atoms with Crippen LogP contribution in [0.5, 0.6) is 0 Å². The highest BCUT2D eigenvalue weighted by Gasteiger charge is 2.36. The lowest BCUT2D eigenvalue weighted by atomic mass is 9.80. The molecule has 1 heterocycles. The van der Waals surface area contributed by atoms with Crippen LogP contribution in [0.3, 0.4) is 0 Å². The zero-order valence-electron chi connectivity index (χ0n) is 14.1.